The van der Waals surface area contributed by atoms with Gasteiger partial charge in [0.25, 0.3) is 0 Å². The minimum atomic E-state index is 0.0823. The van der Waals surface area contributed by atoms with E-state index < -0.39 is 0 Å². The summed E-state index contributed by atoms with van der Waals surface area (Å²) < 4.78 is 6.42. The summed E-state index contributed by atoms with van der Waals surface area (Å²) in [6, 6.07) is 21.4. The van der Waals surface area contributed by atoms with Gasteiger partial charge in [0.2, 0.25) is 0 Å². The summed E-state index contributed by atoms with van der Waals surface area (Å²) in [5.41, 5.74) is 2.54. The van der Waals surface area contributed by atoms with Crippen LogP contribution in [0.2, 0.25) is 0 Å². The molecule has 21 heavy (non-hydrogen) atoms. The van der Waals surface area contributed by atoms with Crippen LogP contribution in [0.5, 0.6) is 0 Å². The van der Waals surface area contributed by atoms with Crippen LogP contribution in [-0.4, -0.2) is 12.6 Å². The van der Waals surface area contributed by atoms with Crippen LogP contribution in [0.15, 0.2) is 60.7 Å². The maximum Gasteiger partial charge on any atom is 0.102 e. The van der Waals surface area contributed by atoms with Gasteiger partial charge in [-0.3, -0.25) is 0 Å². The fraction of sp³-hybridized carbons (Fsp3) is 0.368. The van der Waals surface area contributed by atoms with Gasteiger partial charge in [0.1, 0.15) is 6.10 Å². The monoisotopic (exact) mass is 281 g/mol. The van der Waals surface area contributed by atoms with Gasteiger partial charge in [0.15, 0.2) is 0 Å². The molecule has 0 aromatic heterocycles. The number of rotatable bonds is 4. The van der Waals surface area contributed by atoms with Crippen molar-refractivity contribution in [2.75, 3.05) is 6.54 Å². The Labute approximate surface area is 127 Å². The number of benzene rings is 2. The van der Waals surface area contributed by atoms with Crippen LogP contribution < -0.4 is 5.32 Å². The molecule has 2 nitrogen and oxygen atoms in total. The maximum absolute atomic E-state index is 6.42. The summed E-state index contributed by atoms with van der Waals surface area (Å²) in [6.07, 6.45) is 2.65. The van der Waals surface area contributed by atoms with E-state index >= 15 is 0 Å². The highest BCUT2D eigenvalue weighted by atomic mass is 16.5. The summed E-state index contributed by atoms with van der Waals surface area (Å²) in [4.78, 5) is 0. The maximum atomic E-state index is 6.42. The molecule has 1 aliphatic rings. The molecule has 1 heterocycles. The van der Waals surface area contributed by atoms with E-state index in [1.807, 2.05) is 0 Å². The largest absolute Gasteiger partial charge is 0.367 e. The Morgan fingerprint density at radius 1 is 0.952 bits per heavy atom. The number of hydrogen-bond donors (Lipinski definition) is 1. The standard InChI is InChI=1S/C19H23NO/c1-2-9-17-14-20-18(15-10-5-3-6-11-15)19(21-17)16-12-7-4-8-13-16/h3-8,10-13,17-20H,2,9,14H2,1H3. The predicted molar refractivity (Wildman–Crippen MR) is 86.1 cm³/mol. The lowest BCUT2D eigenvalue weighted by molar-refractivity contribution is -0.0694. The molecule has 1 aliphatic heterocycles. The first-order chi connectivity index (χ1) is 10.4. The van der Waals surface area contributed by atoms with Crippen molar-refractivity contribution in [1.82, 2.24) is 5.32 Å². The first-order valence-electron chi connectivity index (χ1n) is 7.87. The van der Waals surface area contributed by atoms with Gasteiger partial charge in [-0.2, -0.15) is 0 Å². The lowest BCUT2D eigenvalue weighted by Gasteiger charge is -2.38. The van der Waals surface area contributed by atoms with Crippen LogP contribution >= 0.6 is 0 Å². The van der Waals surface area contributed by atoms with E-state index in [1.54, 1.807) is 0 Å². The fourth-order valence-electron chi connectivity index (χ4n) is 3.06. The van der Waals surface area contributed by atoms with Crippen LogP contribution in [0.3, 0.4) is 0 Å². The number of hydrogen-bond acceptors (Lipinski definition) is 2. The second-order valence-corrected chi connectivity index (χ2v) is 5.67. The minimum absolute atomic E-state index is 0.0823. The molecule has 3 atom stereocenters. The van der Waals surface area contributed by atoms with Gasteiger partial charge < -0.3 is 10.1 Å². The van der Waals surface area contributed by atoms with Crippen molar-refractivity contribution in [3.63, 3.8) is 0 Å². The van der Waals surface area contributed by atoms with Gasteiger partial charge in [0.05, 0.1) is 12.1 Å². The molecule has 1 fully saturated rings. The molecule has 0 saturated carbocycles. The minimum Gasteiger partial charge on any atom is -0.367 e. The Hall–Kier alpha value is -1.64. The SMILES string of the molecule is CCCC1CNC(c2ccccc2)C(c2ccccc2)O1. The van der Waals surface area contributed by atoms with Crippen molar-refractivity contribution < 1.29 is 4.74 Å². The van der Waals surface area contributed by atoms with Gasteiger partial charge in [-0.1, -0.05) is 74.0 Å². The predicted octanol–water partition coefficient (Wildman–Crippen LogP) is 4.26. The van der Waals surface area contributed by atoms with Gasteiger partial charge in [0, 0.05) is 6.54 Å². The number of ether oxygens (including phenoxy) is 1. The van der Waals surface area contributed by atoms with Crippen molar-refractivity contribution in [3.8, 4) is 0 Å². The van der Waals surface area contributed by atoms with Gasteiger partial charge in [-0.15, -0.1) is 0 Å². The molecule has 2 heteroatoms. The Balaban J connectivity index is 1.88. The molecule has 1 N–H and O–H groups in total. The molecule has 1 saturated heterocycles. The van der Waals surface area contributed by atoms with E-state index in [0.717, 1.165) is 19.4 Å². The van der Waals surface area contributed by atoms with Crippen LogP contribution in [-0.2, 0) is 4.74 Å². The van der Waals surface area contributed by atoms with Crippen LogP contribution in [0.1, 0.15) is 43.0 Å². The van der Waals surface area contributed by atoms with E-state index in [1.165, 1.54) is 11.1 Å². The molecule has 2 aromatic rings. The molecular formula is C19H23NO. The molecule has 0 amide bonds. The third kappa shape index (κ3) is 3.34. The zero-order chi connectivity index (χ0) is 14.5. The lowest BCUT2D eigenvalue weighted by atomic mass is 9.93. The highest BCUT2D eigenvalue weighted by Gasteiger charge is 2.32. The van der Waals surface area contributed by atoms with Crippen LogP contribution in [0.4, 0.5) is 0 Å². The summed E-state index contributed by atoms with van der Waals surface area (Å²) >= 11 is 0. The first-order valence-corrected chi connectivity index (χ1v) is 7.87. The highest BCUT2D eigenvalue weighted by molar-refractivity contribution is 5.27. The van der Waals surface area contributed by atoms with Gasteiger partial charge in [-0.25, -0.2) is 0 Å². The van der Waals surface area contributed by atoms with Gasteiger partial charge >= 0.3 is 0 Å². The zero-order valence-electron chi connectivity index (χ0n) is 12.5. The van der Waals surface area contributed by atoms with Crippen molar-refractivity contribution >= 4 is 0 Å². The first kappa shape index (κ1) is 14.3. The highest BCUT2D eigenvalue weighted by Crippen LogP contribution is 2.36. The summed E-state index contributed by atoms with van der Waals surface area (Å²) in [7, 11) is 0. The molecule has 2 aromatic carbocycles. The molecule has 0 radical (unpaired) electrons. The van der Waals surface area contributed by atoms with Crippen molar-refractivity contribution in [2.45, 2.75) is 38.0 Å². The van der Waals surface area contributed by atoms with Gasteiger partial charge in [-0.05, 0) is 17.5 Å². The smallest absolute Gasteiger partial charge is 0.102 e. The summed E-state index contributed by atoms with van der Waals surface area (Å²) in [6.45, 7) is 3.14. The Bertz CT molecular complexity index is 540. The third-order valence-corrected chi connectivity index (χ3v) is 4.10. The fourth-order valence-corrected chi connectivity index (χ4v) is 3.06. The molecule has 3 unspecified atom stereocenters. The molecule has 110 valence electrons. The molecule has 3 rings (SSSR count). The van der Waals surface area contributed by atoms with E-state index in [2.05, 4.69) is 72.9 Å². The van der Waals surface area contributed by atoms with E-state index in [9.17, 15) is 0 Å². The Kier molecular flexibility index (Phi) is 4.69. The average molecular weight is 281 g/mol. The second kappa shape index (κ2) is 6.88. The zero-order valence-corrected chi connectivity index (χ0v) is 12.5. The normalized spacial score (nSPS) is 25.7. The molecule has 0 bridgehead atoms. The van der Waals surface area contributed by atoms with E-state index in [-0.39, 0.29) is 12.1 Å². The van der Waals surface area contributed by atoms with E-state index in [4.69, 9.17) is 4.74 Å². The van der Waals surface area contributed by atoms with Crippen molar-refractivity contribution in [2.24, 2.45) is 0 Å². The number of morpholine rings is 1. The topological polar surface area (TPSA) is 21.3 Å². The molecule has 0 aliphatic carbocycles. The van der Waals surface area contributed by atoms with Crippen molar-refractivity contribution in [3.05, 3.63) is 71.8 Å². The summed E-state index contributed by atoms with van der Waals surface area (Å²) in [5.74, 6) is 0. The number of nitrogens with one attached hydrogen (secondary N) is 1. The Morgan fingerprint density at radius 3 is 2.19 bits per heavy atom. The lowest BCUT2D eigenvalue weighted by Crippen LogP contribution is -2.43. The Morgan fingerprint density at radius 2 is 1.57 bits per heavy atom. The quantitative estimate of drug-likeness (QED) is 0.904. The van der Waals surface area contributed by atoms with E-state index in [0.29, 0.717) is 6.10 Å². The average Bonchev–Trinajstić information content (AvgIpc) is 2.57. The molecular weight excluding hydrogens is 258 g/mol. The van der Waals surface area contributed by atoms with Crippen LogP contribution in [0, 0.1) is 0 Å². The third-order valence-electron chi connectivity index (χ3n) is 4.10. The molecule has 0 spiro atoms. The van der Waals surface area contributed by atoms with Crippen LogP contribution in [0.25, 0.3) is 0 Å². The second-order valence-electron chi connectivity index (χ2n) is 5.67. The van der Waals surface area contributed by atoms with Crippen molar-refractivity contribution in [1.29, 1.82) is 0 Å². The summed E-state index contributed by atoms with van der Waals surface area (Å²) in [5, 5.41) is 3.69.